The molecule has 0 rings (SSSR count). The van der Waals surface area contributed by atoms with Gasteiger partial charge in [0.15, 0.2) is 6.54 Å². The Morgan fingerprint density at radius 1 is 0.643 bits per heavy atom. The van der Waals surface area contributed by atoms with E-state index in [0.29, 0.717) is 37.1 Å². The van der Waals surface area contributed by atoms with Crippen LogP contribution in [0.3, 0.4) is 0 Å². The monoisotopic (exact) mass is 594 g/mol. The first-order valence-electron chi connectivity index (χ1n) is 16.7. The molecule has 0 saturated heterocycles. The average molecular weight is 594 g/mol. The van der Waals surface area contributed by atoms with Gasteiger partial charge in [0, 0.05) is 38.9 Å². The van der Waals surface area contributed by atoms with Gasteiger partial charge in [-0.3, -0.25) is 9.59 Å². The molecular formula is C34H65N4O4+. The highest BCUT2D eigenvalue weighted by atomic mass is 16.6. The Morgan fingerprint density at radius 3 is 1.60 bits per heavy atom. The van der Waals surface area contributed by atoms with Gasteiger partial charge in [0.25, 0.3) is 5.91 Å². The van der Waals surface area contributed by atoms with E-state index >= 15 is 0 Å². The number of likely N-dealkylation sites (N-methyl/N-ethyl adjacent to an activating group) is 1. The zero-order valence-corrected chi connectivity index (χ0v) is 27.9. The molecule has 3 N–H and O–H groups in total. The highest BCUT2D eigenvalue weighted by molar-refractivity contribution is 5.77. The van der Waals surface area contributed by atoms with E-state index in [-0.39, 0.29) is 11.8 Å². The highest BCUT2D eigenvalue weighted by Crippen LogP contribution is 2.14. The fourth-order valence-corrected chi connectivity index (χ4v) is 4.84. The summed E-state index contributed by atoms with van der Waals surface area (Å²) in [6.45, 7) is 7.85. The molecule has 0 saturated carbocycles. The maximum Gasteiger partial charge on any atom is 0.407 e. The molecule has 0 spiro atoms. The number of rotatable bonds is 26. The van der Waals surface area contributed by atoms with Crippen molar-refractivity contribution in [1.29, 1.82) is 0 Å². The van der Waals surface area contributed by atoms with E-state index in [0.717, 1.165) is 32.2 Å². The Balaban J connectivity index is 3.57. The van der Waals surface area contributed by atoms with E-state index in [1.165, 1.54) is 83.5 Å². The molecule has 0 bridgehead atoms. The number of terminal acetylenes is 1. The van der Waals surface area contributed by atoms with E-state index in [1.807, 2.05) is 14.1 Å². The van der Waals surface area contributed by atoms with Gasteiger partial charge in [-0.25, -0.2) is 4.79 Å². The van der Waals surface area contributed by atoms with Crippen molar-refractivity contribution in [2.45, 2.75) is 142 Å². The molecule has 0 unspecified atom stereocenters. The summed E-state index contributed by atoms with van der Waals surface area (Å²) in [6, 6.07) is 0. The first-order chi connectivity index (χ1) is 19.9. The van der Waals surface area contributed by atoms with E-state index in [2.05, 4.69) is 21.9 Å². The highest BCUT2D eigenvalue weighted by Gasteiger charge is 2.20. The van der Waals surface area contributed by atoms with E-state index in [9.17, 15) is 14.4 Å². The van der Waals surface area contributed by atoms with Crippen molar-refractivity contribution in [3.8, 4) is 12.3 Å². The molecule has 0 aliphatic heterocycles. The standard InChI is InChI=1S/C34H64N4O4/c1-7-8-9-10-11-12-13-14-15-16-17-18-19-20-21-22-23-25-31(39)35-26-24-29-38(5,6)30-32(40)36-27-28-37-33(41)42-34(2,3)4/h1H,8-30H2,2-6H3,(H2-,35,36,37,39,40,41)/p+1. The summed E-state index contributed by atoms with van der Waals surface area (Å²) in [6.07, 6.45) is 26.4. The molecule has 0 aliphatic carbocycles. The minimum Gasteiger partial charge on any atom is -0.444 e. The first-order valence-corrected chi connectivity index (χ1v) is 16.7. The Morgan fingerprint density at radius 2 is 1.10 bits per heavy atom. The molecule has 8 heteroatoms. The van der Waals surface area contributed by atoms with Crippen LogP contribution in [0.2, 0.25) is 0 Å². The Kier molecular flexibility index (Phi) is 23.9. The number of hydrogen-bond acceptors (Lipinski definition) is 4. The summed E-state index contributed by atoms with van der Waals surface area (Å²) in [7, 11) is 4.01. The van der Waals surface area contributed by atoms with Crippen LogP contribution in [0.5, 0.6) is 0 Å². The predicted molar refractivity (Wildman–Crippen MR) is 174 cm³/mol. The van der Waals surface area contributed by atoms with Crippen LogP contribution in [-0.4, -0.2) is 74.8 Å². The predicted octanol–water partition coefficient (Wildman–Crippen LogP) is 6.47. The third kappa shape index (κ3) is 29.2. The summed E-state index contributed by atoms with van der Waals surface area (Å²) in [5.41, 5.74) is -0.545. The lowest BCUT2D eigenvalue weighted by Crippen LogP contribution is -2.49. The lowest BCUT2D eigenvalue weighted by Gasteiger charge is -2.29. The van der Waals surface area contributed by atoms with Crippen LogP contribution in [0.15, 0.2) is 0 Å². The second-order valence-corrected chi connectivity index (χ2v) is 13.3. The first kappa shape index (κ1) is 39.7. The van der Waals surface area contributed by atoms with E-state index in [4.69, 9.17) is 11.2 Å². The second kappa shape index (κ2) is 25.2. The molecule has 3 amide bonds. The van der Waals surface area contributed by atoms with Crippen LogP contribution < -0.4 is 16.0 Å². The molecule has 244 valence electrons. The molecule has 0 aromatic carbocycles. The zero-order valence-electron chi connectivity index (χ0n) is 27.9. The van der Waals surface area contributed by atoms with Crippen molar-refractivity contribution < 1.29 is 23.6 Å². The van der Waals surface area contributed by atoms with Gasteiger partial charge in [0.1, 0.15) is 5.60 Å². The SMILES string of the molecule is C#CCCCCCCCCCCCCCCCCCC(=O)NCCC[N+](C)(C)CC(=O)NCCNC(=O)OC(C)(C)C. The smallest absolute Gasteiger partial charge is 0.407 e. The number of hydrogen-bond donors (Lipinski definition) is 3. The third-order valence-corrected chi connectivity index (χ3v) is 7.17. The summed E-state index contributed by atoms with van der Waals surface area (Å²) in [4.78, 5) is 36.1. The Labute approximate surface area is 258 Å². The van der Waals surface area contributed by atoms with Gasteiger partial charge < -0.3 is 25.2 Å². The van der Waals surface area contributed by atoms with Gasteiger partial charge in [0.2, 0.25) is 5.91 Å². The van der Waals surface area contributed by atoms with Crippen LogP contribution in [0.1, 0.15) is 136 Å². The molecule has 0 radical (unpaired) electrons. The van der Waals surface area contributed by atoms with Crippen molar-refractivity contribution in [2.75, 3.05) is 46.8 Å². The van der Waals surface area contributed by atoms with E-state index in [1.54, 1.807) is 20.8 Å². The van der Waals surface area contributed by atoms with Gasteiger partial charge in [-0.05, 0) is 33.6 Å². The third-order valence-electron chi connectivity index (χ3n) is 7.17. The quantitative estimate of drug-likeness (QED) is 0.0608. The Bertz CT molecular complexity index is 756. The number of ether oxygens (including phenoxy) is 1. The second-order valence-electron chi connectivity index (χ2n) is 13.3. The summed E-state index contributed by atoms with van der Waals surface area (Å²) >= 11 is 0. The largest absolute Gasteiger partial charge is 0.444 e. The molecule has 0 heterocycles. The summed E-state index contributed by atoms with van der Waals surface area (Å²) < 4.78 is 5.71. The van der Waals surface area contributed by atoms with Gasteiger partial charge in [-0.15, -0.1) is 12.3 Å². The number of quaternary nitrogens is 1. The topological polar surface area (TPSA) is 96.5 Å². The van der Waals surface area contributed by atoms with Gasteiger partial charge in [-0.1, -0.05) is 83.5 Å². The Hall–Kier alpha value is -2.27. The molecular weight excluding hydrogens is 528 g/mol. The van der Waals surface area contributed by atoms with Crippen molar-refractivity contribution in [3.63, 3.8) is 0 Å². The lowest BCUT2D eigenvalue weighted by atomic mass is 10.0. The normalized spacial score (nSPS) is 11.5. The minimum atomic E-state index is -0.545. The molecule has 8 nitrogen and oxygen atoms in total. The zero-order chi connectivity index (χ0) is 31.5. The van der Waals surface area contributed by atoms with Crippen molar-refractivity contribution in [2.24, 2.45) is 0 Å². The number of unbranched alkanes of at least 4 members (excludes halogenated alkanes) is 15. The van der Waals surface area contributed by atoms with Crippen LogP contribution in [0, 0.1) is 12.3 Å². The summed E-state index contributed by atoms with van der Waals surface area (Å²) in [5, 5.41) is 8.48. The van der Waals surface area contributed by atoms with E-state index < -0.39 is 11.7 Å². The number of carbonyl (C=O) groups is 3. The maximum absolute atomic E-state index is 12.3. The molecule has 0 aromatic rings. The number of nitrogens with zero attached hydrogens (tertiary/aromatic N) is 1. The fraction of sp³-hybridized carbons (Fsp3) is 0.853. The van der Waals surface area contributed by atoms with Crippen molar-refractivity contribution >= 4 is 17.9 Å². The fourth-order valence-electron chi connectivity index (χ4n) is 4.84. The molecule has 0 aliphatic rings. The number of nitrogens with one attached hydrogen (secondary N) is 3. The van der Waals surface area contributed by atoms with Gasteiger partial charge in [-0.2, -0.15) is 0 Å². The van der Waals surface area contributed by atoms with Crippen LogP contribution >= 0.6 is 0 Å². The van der Waals surface area contributed by atoms with Crippen molar-refractivity contribution in [3.05, 3.63) is 0 Å². The molecule has 0 atom stereocenters. The van der Waals surface area contributed by atoms with Gasteiger partial charge >= 0.3 is 6.09 Å². The number of amides is 3. The summed E-state index contributed by atoms with van der Waals surface area (Å²) in [5.74, 6) is 2.78. The maximum atomic E-state index is 12.3. The van der Waals surface area contributed by atoms with Crippen LogP contribution in [-0.2, 0) is 14.3 Å². The minimum absolute atomic E-state index is 0.0655. The average Bonchev–Trinajstić information content (AvgIpc) is 2.89. The molecule has 0 aromatic heterocycles. The van der Waals surface area contributed by atoms with Crippen LogP contribution in [0.25, 0.3) is 0 Å². The number of alkyl carbamates (subject to hydrolysis) is 1. The number of carbonyl (C=O) groups excluding carboxylic acids is 3. The van der Waals surface area contributed by atoms with Gasteiger partial charge in [0.05, 0.1) is 20.6 Å². The lowest BCUT2D eigenvalue weighted by molar-refractivity contribution is -0.882. The molecule has 0 fully saturated rings. The van der Waals surface area contributed by atoms with Crippen molar-refractivity contribution in [1.82, 2.24) is 16.0 Å². The van der Waals surface area contributed by atoms with Crippen LogP contribution in [0.4, 0.5) is 4.79 Å². The molecule has 42 heavy (non-hydrogen) atoms.